The molecule has 2 amide bonds. The summed E-state index contributed by atoms with van der Waals surface area (Å²) in [6.07, 6.45) is 0.0980. The van der Waals surface area contributed by atoms with E-state index in [0.717, 1.165) is 0 Å². The summed E-state index contributed by atoms with van der Waals surface area (Å²) in [5.41, 5.74) is -1.23. The molecule has 0 spiro atoms. The van der Waals surface area contributed by atoms with Gasteiger partial charge in [-0.2, -0.15) is 5.12 Å². The first kappa shape index (κ1) is 20.3. The summed E-state index contributed by atoms with van der Waals surface area (Å²) < 4.78 is 77.0. The van der Waals surface area contributed by atoms with Gasteiger partial charge in [-0.15, -0.1) is 5.12 Å². The topological polar surface area (TPSA) is 42.0 Å². The van der Waals surface area contributed by atoms with Gasteiger partial charge in [-0.25, -0.2) is 18.0 Å². The van der Waals surface area contributed by atoms with Crippen molar-refractivity contribution in [3.05, 3.63) is 29.6 Å². The zero-order valence-corrected chi connectivity index (χ0v) is 14.3. The van der Waals surface area contributed by atoms with Crippen LogP contribution in [0.5, 0.6) is 0 Å². The number of hydrogen-bond donors (Lipinski definition) is 0. The van der Waals surface area contributed by atoms with Crippen molar-refractivity contribution in [2.45, 2.75) is 19.0 Å². The molecule has 0 aliphatic carbocycles. The number of amides is 2. The number of urea groups is 1. The molecular formula is C13H17F5N2O3Si. The van der Waals surface area contributed by atoms with Crippen LogP contribution in [0.1, 0.15) is 6.42 Å². The van der Waals surface area contributed by atoms with Crippen molar-refractivity contribution in [2.24, 2.45) is 0 Å². The van der Waals surface area contributed by atoms with Crippen LogP contribution in [0.15, 0.2) is 12.1 Å². The SMILES string of the molecule is CO[Si](C)(CCCN(F)C(=O)N(F)c1ccc(F)c(F)c1F)OC. The fourth-order valence-electron chi connectivity index (χ4n) is 1.79. The van der Waals surface area contributed by atoms with E-state index in [0.29, 0.717) is 18.2 Å². The molecule has 0 aliphatic heterocycles. The number of carbonyl (C=O) groups is 1. The van der Waals surface area contributed by atoms with Gasteiger partial charge in [-0.05, 0) is 31.1 Å². The lowest BCUT2D eigenvalue weighted by Gasteiger charge is -2.23. The quantitative estimate of drug-likeness (QED) is 0.316. The van der Waals surface area contributed by atoms with Gasteiger partial charge in [-0.3, -0.25) is 0 Å². The minimum Gasteiger partial charge on any atom is -0.398 e. The third-order valence-electron chi connectivity index (χ3n) is 3.45. The van der Waals surface area contributed by atoms with E-state index in [4.69, 9.17) is 8.85 Å². The van der Waals surface area contributed by atoms with E-state index < -0.39 is 54.5 Å². The summed E-state index contributed by atoms with van der Waals surface area (Å²) in [5, 5.41) is -1.43. The van der Waals surface area contributed by atoms with E-state index in [1.165, 1.54) is 14.2 Å². The van der Waals surface area contributed by atoms with Crippen LogP contribution in [0, 0.1) is 17.5 Å². The molecule has 1 rings (SSSR count). The first-order valence-corrected chi connectivity index (χ1v) is 9.36. The molecule has 0 N–H and O–H groups in total. The Morgan fingerprint density at radius 1 is 1.12 bits per heavy atom. The normalized spacial score (nSPS) is 11.5. The zero-order valence-electron chi connectivity index (χ0n) is 13.3. The monoisotopic (exact) mass is 372 g/mol. The van der Waals surface area contributed by atoms with E-state index in [-0.39, 0.29) is 6.42 Å². The molecule has 5 nitrogen and oxygen atoms in total. The number of rotatable bonds is 7. The third kappa shape index (κ3) is 4.64. The summed E-state index contributed by atoms with van der Waals surface area (Å²) in [4.78, 5) is 11.6. The Hall–Kier alpha value is -1.72. The lowest BCUT2D eigenvalue weighted by Crippen LogP contribution is -2.38. The summed E-state index contributed by atoms with van der Waals surface area (Å²) >= 11 is 0. The highest BCUT2D eigenvalue weighted by molar-refractivity contribution is 6.65. The Bertz CT molecular complexity index is 589. The fourth-order valence-corrected chi connectivity index (χ4v) is 3.16. The Kier molecular flexibility index (Phi) is 7.11. The first-order chi connectivity index (χ1) is 11.2. The summed E-state index contributed by atoms with van der Waals surface area (Å²) in [6, 6.07) is -0.637. The molecule has 0 heterocycles. The highest BCUT2D eigenvalue weighted by atomic mass is 28.4. The maximum Gasteiger partial charge on any atom is 0.381 e. The number of anilines is 1. The van der Waals surface area contributed by atoms with E-state index in [9.17, 15) is 26.9 Å². The second-order valence-corrected chi connectivity index (χ2v) is 8.57. The predicted molar refractivity (Wildman–Crippen MR) is 78.2 cm³/mol. The van der Waals surface area contributed by atoms with Gasteiger partial charge < -0.3 is 8.85 Å². The Morgan fingerprint density at radius 2 is 1.71 bits per heavy atom. The summed E-state index contributed by atoms with van der Waals surface area (Å²) in [5.74, 6) is -5.45. The molecule has 11 heteroatoms. The van der Waals surface area contributed by atoms with E-state index in [1.54, 1.807) is 6.55 Å². The van der Waals surface area contributed by atoms with Crippen LogP contribution in [0.3, 0.4) is 0 Å². The number of hydrogen-bond acceptors (Lipinski definition) is 3. The van der Waals surface area contributed by atoms with Gasteiger partial charge in [0.1, 0.15) is 5.69 Å². The van der Waals surface area contributed by atoms with Gasteiger partial charge in [0.25, 0.3) is 0 Å². The molecule has 136 valence electrons. The molecule has 0 radical (unpaired) electrons. The average molecular weight is 372 g/mol. The van der Waals surface area contributed by atoms with Crippen molar-refractivity contribution >= 4 is 20.3 Å². The van der Waals surface area contributed by atoms with Crippen LogP contribution in [-0.4, -0.2) is 40.5 Å². The Labute approximate surface area is 136 Å². The minimum atomic E-state index is -2.48. The highest BCUT2D eigenvalue weighted by Gasteiger charge is 2.31. The van der Waals surface area contributed by atoms with Gasteiger partial charge in [0.15, 0.2) is 17.5 Å². The molecule has 0 unspecified atom stereocenters. The minimum absolute atomic E-state index is 0.0980. The average Bonchev–Trinajstić information content (AvgIpc) is 2.58. The summed E-state index contributed by atoms with van der Waals surface area (Å²) in [7, 11) is 0.392. The molecule has 1 aromatic carbocycles. The van der Waals surface area contributed by atoms with Gasteiger partial charge >= 0.3 is 14.6 Å². The van der Waals surface area contributed by atoms with Crippen molar-refractivity contribution in [3.63, 3.8) is 0 Å². The lowest BCUT2D eigenvalue weighted by atomic mass is 10.3. The number of nitrogens with zero attached hydrogens (tertiary/aromatic N) is 2. The molecule has 1 aromatic rings. The van der Waals surface area contributed by atoms with Gasteiger partial charge in [0, 0.05) is 14.2 Å². The van der Waals surface area contributed by atoms with E-state index in [2.05, 4.69) is 0 Å². The van der Waals surface area contributed by atoms with Crippen molar-refractivity contribution in [2.75, 3.05) is 25.9 Å². The van der Waals surface area contributed by atoms with Crippen LogP contribution in [0.2, 0.25) is 12.6 Å². The Balaban J connectivity index is 2.71. The molecule has 0 atom stereocenters. The third-order valence-corrected chi connectivity index (χ3v) is 6.44. The molecule has 0 saturated carbocycles. The summed E-state index contributed by atoms with van der Waals surface area (Å²) in [6.45, 7) is 1.20. The predicted octanol–water partition coefficient (Wildman–Crippen LogP) is 3.86. The first-order valence-electron chi connectivity index (χ1n) is 6.84. The lowest BCUT2D eigenvalue weighted by molar-refractivity contribution is 0.0627. The molecular weight excluding hydrogens is 355 g/mol. The van der Waals surface area contributed by atoms with Crippen LogP contribution in [0.4, 0.5) is 32.6 Å². The van der Waals surface area contributed by atoms with Gasteiger partial charge in [0.05, 0.1) is 6.54 Å². The van der Waals surface area contributed by atoms with Crippen LogP contribution >= 0.6 is 0 Å². The van der Waals surface area contributed by atoms with Crippen molar-refractivity contribution in [1.82, 2.24) is 5.12 Å². The number of benzene rings is 1. The smallest absolute Gasteiger partial charge is 0.381 e. The maximum absolute atomic E-state index is 13.8. The van der Waals surface area contributed by atoms with Crippen molar-refractivity contribution < 1.29 is 35.8 Å². The van der Waals surface area contributed by atoms with Crippen LogP contribution in [-0.2, 0) is 8.85 Å². The van der Waals surface area contributed by atoms with Crippen LogP contribution in [0.25, 0.3) is 0 Å². The van der Waals surface area contributed by atoms with Crippen LogP contribution < -0.4 is 5.12 Å². The fraction of sp³-hybridized carbons (Fsp3) is 0.462. The van der Waals surface area contributed by atoms with Gasteiger partial charge in [0.2, 0.25) is 0 Å². The second kappa shape index (κ2) is 8.40. The highest BCUT2D eigenvalue weighted by Crippen LogP contribution is 2.25. The van der Waals surface area contributed by atoms with E-state index >= 15 is 0 Å². The largest absolute Gasteiger partial charge is 0.398 e. The van der Waals surface area contributed by atoms with Gasteiger partial charge in [-0.1, -0.05) is 8.96 Å². The number of halogens is 5. The molecule has 0 bridgehead atoms. The van der Waals surface area contributed by atoms with E-state index in [1.807, 2.05) is 0 Å². The maximum atomic E-state index is 13.8. The zero-order chi connectivity index (χ0) is 18.5. The standard InChI is InChI=1S/C13H17F5N2O3Si/c1-22-24(3,23-2)8-4-7-19(17)13(21)20(18)10-6-5-9(14)11(15)12(10)16/h5-6H,4,7-8H2,1-3H3. The van der Waals surface area contributed by atoms with Crippen molar-refractivity contribution in [1.29, 1.82) is 0 Å². The molecule has 24 heavy (non-hydrogen) atoms. The molecule has 0 fully saturated rings. The molecule has 0 aliphatic rings. The number of carbonyl (C=O) groups excluding carboxylic acids is 1. The molecule has 0 saturated heterocycles. The molecule has 0 aromatic heterocycles. The Morgan fingerprint density at radius 3 is 2.25 bits per heavy atom. The second-order valence-electron chi connectivity index (χ2n) is 4.99. The van der Waals surface area contributed by atoms with Crippen molar-refractivity contribution in [3.8, 4) is 0 Å².